The highest BCUT2D eigenvalue weighted by atomic mass is 16.3. The molecule has 2 aliphatic carbocycles. The van der Waals surface area contributed by atoms with Gasteiger partial charge in [-0.2, -0.15) is 0 Å². The Bertz CT molecular complexity index is 648. The van der Waals surface area contributed by atoms with Gasteiger partial charge in [-0.1, -0.05) is 12.2 Å². The Morgan fingerprint density at radius 1 is 1.20 bits per heavy atom. The highest BCUT2D eigenvalue weighted by Gasteiger charge is 2.67. The van der Waals surface area contributed by atoms with E-state index in [9.17, 15) is 14.7 Å². The lowest BCUT2D eigenvalue weighted by Gasteiger charge is -2.28. The van der Waals surface area contributed by atoms with Crippen molar-refractivity contribution in [2.24, 2.45) is 23.2 Å². The third kappa shape index (κ3) is 1.17. The fourth-order valence-electron chi connectivity index (χ4n) is 4.15. The molecule has 3 aliphatic rings. The van der Waals surface area contributed by atoms with Gasteiger partial charge in [0.1, 0.15) is 5.75 Å². The smallest absolute Gasteiger partial charge is 0.241 e. The molecule has 0 radical (unpaired) electrons. The molecule has 4 unspecified atom stereocenters. The zero-order chi connectivity index (χ0) is 14.1. The molecule has 4 heteroatoms. The van der Waals surface area contributed by atoms with Crippen molar-refractivity contribution in [2.45, 2.75) is 13.3 Å². The summed E-state index contributed by atoms with van der Waals surface area (Å²) in [5.74, 6) is 0.0782. The zero-order valence-electron chi connectivity index (χ0n) is 11.1. The molecule has 4 rings (SSSR count). The van der Waals surface area contributed by atoms with Gasteiger partial charge in [-0.15, -0.1) is 0 Å². The van der Waals surface area contributed by atoms with Crippen LogP contribution < -0.4 is 4.90 Å². The number of carbonyl (C=O) groups excluding carboxylic acids is 2. The SMILES string of the molecule is CC12C(=O)N(c3ccc(O)cc3)C(=O)C1C1C=CC2C1. The van der Waals surface area contributed by atoms with Crippen LogP contribution in [-0.4, -0.2) is 16.9 Å². The van der Waals surface area contributed by atoms with E-state index in [0.29, 0.717) is 5.69 Å². The number of anilines is 1. The predicted octanol–water partition coefficient (Wildman–Crippen LogP) is 2.09. The maximum absolute atomic E-state index is 12.8. The Morgan fingerprint density at radius 3 is 2.55 bits per heavy atom. The van der Waals surface area contributed by atoms with E-state index in [1.807, 2.05) is 6.92 Å². The van der Waals surface area contributed by atoms with E-state index < -0.39 is 5.41 Å². The van der Waals surface area contributed by atoms with E-state index in [1.165, 1.54) is 17.0 Å². The van der Waals surface area contributed by atoms with Gasteiger partial charge in [-0.3, -0.25) is 9.59 Å². The maximum atomic E-state index is 12.8. The maximum Gasteiger partial charge on any atom is 0.241 e. The van der Waals surface area contributed by atoms with Crippen molar-refractivity contribution in [3.63, 3.8) is 0 Å². The molecule has 4 atom stereocenters. The number of nitrogens with zero attached hydrogens (tertiary/aromatic N) is 1. The van der Waals surface area contributed by atoms with Gasteiger partial charge in [0.05, 0.1) is 17.0 Å². The number of fused-ring (bicyclic) bond motifs is 5. The average Bonchev–Trinajstić information content (AvgIpc) is 3.05. The van der Waals surface area contributed by atoms with Gasteiger partial charge in [0.25, 0.3) is 0 Å². The van der Waals surface area contributed by atoms with Gasteiger partial charge in [0.15, 0.2) is 0 Å². The van der Waals surface area contributed by atoms with Crippen LogP contribution in [0.2, 0.25) is 0 Å². The molecule has 102 valence electrons. The molecule has 2 amide bonds. The van der Waals surface area contributed by atoms with Crippen LogP contribution in [0.1, 0.15) is 13.3 Å². The third-order valence-electron chi connectivity index (χ3n) is 5.22. The first kappa shape index (κ1) is 11.7. The lowest BCUT2D eigenvalue weighted by atomic mass is 9.71. The number of allylic oxidation sites excluding steroid dienone is 2. The van der Waals surface area contributed by atoms with Crippen molar-refractivity contribution < 1.29 is 14.7 Å². The number of imide groups is 1. The normalized spacial score (nSPS) is 37.9. The quantitative estimate of drug-likeness (QED) is 0.627. The summed E-state index contributed by atoms with van der Waals surface area (Å²) < 4.78 is 0. The highest BCUT2D eigenvalue weighted by molar-refractivity contribution is 6.24. The number of aromatic hydroxyl groups is 1. The molecule has 1 aliphatic heterocycles. The van der Waals surface area contributed by atoms with Crippen LogP contribution in [0, 0.1) is 23.2 Å². The molecule has 2 bridgehead atoms. The number of hydrogen-bond acceptors (Lipinski definition) is 3. The minimum absolute atomic E-state index is 0.0972. The molecule has 4 nitrogen and oxygen atoms in total. The average molecular weight is 269 g/mol. The van der Waals surface area contributed by atoms with Crippen LogP contribution in [0.5, 0.6) is 5.75 Å². The van der Waals surface area contributed by atoms with Crippen LogP contribution in [0.15, 0.2) is 36.4 Å². The summed E-state index contributed by atoms with van der Waals surface area (Å²) in [5, 5.41) is 9.34. The Balaban J connectivity index is 1.80. The molecule has 1 heterocycles. The lowest BCUT2D eigenvalue weighted by Crippen LogP contribution is -2.37. The fourth-order valence-corrected chi connectivity index (χ4v) is 4.15. The molecule has 1 N–H and O–H groups in total. The number of amides is 2. The molecule has 0 aromatic heterocycles. The Kier molecular flexibility index (Phi) is 2.05. The zero-order valence-corrected chi connectivity index (χ0v) is 11.1. The second kappa shape index (κ2) is 3.51. The Labute approximate surface area is 116 Å². The molecule has 1 aromatic carbocycles. The summed E-state index contributed by atoms with van der Waals surface area (Å²) in [6.45, 7) is 1.92. The van der Waals surface area contributed by atoms with E-state index in [4.69, 9.17) is 0 Å². The summed E-state index contributed by atoms with van der Waals surface area (Å²) in [7, 11) is 0. The monoisotopic (exact) mass is 269 g/mol. The first-order chi connectivity index (χ1) is 9.53. The molecule has 1 aromatic rings. The van der Waals surface area contributed by atoms with Crippen molar-refractivity contribution in [1.29, 1.82) is 0 Å². The third-order valence-corrected chi connectivity index (χ3v) is 5.22. The number of rotatable bonds is 1. The van der Waals surface area contributed by atoms with Crippen LogP contribution >= 0.6 is 0 Å². The first-order valence-corrected chi connectivity index (χ1v) is 6.89. The van der Waals surface area contributed by atoms with Gasteiger partial charge >= 0.3 is 0 Å². The number of phenolic OH excluding ortho intramolecular Hbond substituents is 1. The van der Waals surface area contributed by atoms with Gasteiger partial charge in [-0.05, 0) is 49.4 Å². The van der Waals surface area contributed by atoms with E-state index in [2.05, 4.69) is 12.2 Å². The van der Waals surface area contributed by atoms with E-state index in [1.54, 1.807) is 12.1 Å². The summed E-state index contributed by atoms with van der Waals surface area (Å²) in [6.07, 6.45) is 5.09. The first-order valence-electron chi connectivity index (χ1n) is 6.89. The van der Waals surface area contributed by atoms with Gasteiger partial charge < -0.3 is 5.11 Å². The molecule has 20 heavy (non-hydrogen) atoms. The topological polar surface area (TPSA) is 57.6 Å². The van der Waals surface area contributed by atoms with Crippen LogP contribution in [0.3, 0.4) is 0 Å². The summed E-state index contributed by atoms with van der Waals surface area (Å²) in [6, 6.07) is 6.23. The van der Waals surface area contributed by atoms with E-state index in [0.717, 1.165) is 6.42 Å². The van der Waals surface area contributed by atoms with Crippen LogP contribution in [-0.2, 0) is 9.59 Å². The van der Waals surface area contributed by atoms with Crippen LogP contribution in [0.4, 0.5) is 5.69 Å². The molecule has 1 saturated heterocycles. The molecule has 1 saturated carbocycles. The summed E-state index contributed by atoms with van der Waals surface area (Å²) >= 11 is 0. The fraction of sp³-hybridized carbons (Fsp3) is 0.375. The minimum Gasteiger partial charge on any atom is -0.508 e. The predicted molar refractivity (Wildman–Crippen MR) is 72.9 cm³/mol. The second-order valence-electron chi connectivity index (χ2n) is 6.15. The van der Waals surface area contributed by atoms with Crippen molar-refractivity contribution in [2.75, 3.05) is 4.90 Å². The lowest BCUT2D eigenvalue weighted by molar-refractivity contribution is -0.127. The summed E-state index contributed by atoms with van der Waals surface area (Å²) in [4.78, 5) is 26.8. The molecular formula is C16H15NO3. The highest BCUT2D eigenvalue weighted by Crippen LogP contribution is 2.60. The van der Waals surface area contributed by atoms with Crippen LogP contribution in [0.25, 0.3) is 0 Å². The van der Waals surface area contributed by atoms with Gasteiger partial charge in [0, 0.05) is 0 Å². The summed E-state index contributed by atoms with van der Waals surface area (Å²) in [5.41, 5.74) is -0.0400. The number of phenols is 1. The van der Waals surface area contributed by atoms with Gasteiger partial charge in [-0.25, -0.2) is 4.90 Å². The Hall–Kier alpha value is -2.10. The van der Waals surface area contributed by atoms with Crippen molar-refractivity contribution in [3.05, 3.63) is 36.4 Å². The number of carbonyl (C=O) groups is 2. The molecule has 2 fully saturated rings. The standard InChI is InChI=1S/C16H15NO3/c1-16-10-3-2-9(8-10)13(16)14(19)17(15(16)20)11-4-6-12(18)7-5-11/h2-7,9-10,13,18H,8H2,1H3. The van der Waals surface area contributed by atoms with Crippen molar-refractivity contribution in [1.82, 2.24) is 0 Å². The second-order valence-corrected chi connectivity index (χ2v) is 6.15. The number of benzene rings is 1. The Morgan fingerprint density at radius 2 is 1.90 bits per heavy atom. The number of hydrogen-bond donors (Lipinski definition) is 1. The minimum atomic E-state index is -0.589. The molecular weight excluding hydrogens is 254 g/mol. The van der Waals surface area contributed by atoms with Crippen molar-refractivity contribution in [3.8, 4) is 5.75 Å². The molecule has 0 spiro atoms. The largest absolute Gasteiger partial charge is 0.508 e. The van der Waals surface area contributed by atoms with Gasteiger partial charge in [0.2, 0.25) is 11.8 Å². The van der Waals surface area contributed by atoms with E-state index >= 15 is 0 Å². The van der Waals surface area contributed by atoms with Crippen molar-refractivity contribution >= 4 is 17.5 Å². The van der Waals surface area contributed by atoms with E-state index in [-0.39, 0.29) is 35.3 Å².